The Hall–Kier alpha value is -0.910. The fraction of sp³-hybridized carbons (Fsp3) is 0.588. The van der Waals surface area contributed by atoms with Crippen molar-refractivity contribution in [3.63, 3.8) is 0 Å². The van der Waals surface area contributed by atoms with Crippen molar-refractivity contribution in [2.45, 2.75) is 32.4 Å². The zero-order valence-corrected chi connectivity index (χ0v) is 15.3. The van der Waals surface area contributed by atoms with Gasteiger partial charge in [0, 0.05) is 42.8 Å². The van der Waals surface area contributed by atoms with Crippen LogP contribution in [0.2, 0.25) is 0 Å². The molecule has 0 spiro atoms. The van der Waals surface area contributed by atoms with E-state index >= 15 is 0 Å². The van der Waals surface area contributed by atoms with Crippen LogP contribution in [0.5, 0.6) is 0 Å². The van der Waals surface area contributed by atoms with Crippen molar-refractivity contribution in [1.82, 2.24) is 9.80 Å². The molecule has 1 saturated heterocycles. The van der Waals surface area contributed by atoms with E-state index in [9.17, 15) is 9.90 Å². The van der Waals surface area contributed by atoms with Crippen LogP contribution >= 0.6 is 15.9 Å². The maximum absolute atomic E-state index is 12.5. The minimum Gasteiger partial charge on any atom is -0.388 e. The molecule has 122 valence electrons. The van der Waals surface area contributed by atoms with Crippen molar-refractivity contribution in [3.05, 3.63) is 34.3 Å². The zero-order valence-electron chi connectivity index (χ0n) is 13.7. The minimum atomic E-state index is -0.540. The normalized spacial score (nSPS) is 20.1. The van der Waals surface area contributed by atoms with E-state index in [4.69, 9.17) is 0 Å². The number of likely N-dealkylation sites (tertiary alicyclic amines) is 1. The predicted molar refractivity (Wildman–Crippen MR) is 91.9 cm³/mol. The maximum atomic E-state index is 12.5. The summed E-state index contributed by atoms with van der Waals surface area (Å²) in [5, 5.41) is 9.79. The molecule has 0 aliphatic carbocycles. The summed E-state index contributed by atoms with van der Waals surface area (Å²) in [4.78, 5) is 16.6. The minimum absolute atomic E-state index is 0.0439. The number of β-amino-alcohol motifs (C(OH)–C–C–N with tert-alkyl or cyclic N) is 1. The molecule has 1 aromatic rings. The fourth-order valence-electron chi connectivity index (χ4n) is 2.97. The van der Waals surface area contributed by atoms with E-state index in [-0.39, 0.29) is 11.9 Å². The van der Waals surface area contributed by atoms with E-state index < -0.39 is 5.60 Å². The van der Waals surface area contributed by atoms with Crippen molar-refractivity contribution < 1.29 is 9.90 Å². The lowest BCUT2D eigenvalue weighted by molar-refractivity contribution is -0.0900. The Labute approximate surface area is 141 Å². The molecule has 1 heterocycles. The van der Waals surface area contributed by atoms with Crippen LogP contribution < -0.4 is 0 Å². The SMILES string of the molecule is CC(CN1CC(C)(O)C1)C(C)N(C)C(=O)c1ccc(Br)cc1. The van der Waals surface area contributed by atoms with E-state index in [0.717, 1.165) is 11.0 Å². The van der Waals surface area contributed by atoms with Crippen LogP contribution in [-0.4, -0.2) is 59.1 Å². The van der Waals surface area contributed by atoms with E-state index in [2.05, 4.69) is 34.7 Å². The summed E-state index contributed by atoms with van der Waals surface area (Å²) in [7, 11) is 1.86. The summed E-state index contributed by atoms with van der Waals surface area (Å²) < 4.78 is 0.970. The first-order valence-electron chi connectivity index (χ1n) is 7.67. The lowest BCUT2D eigenvalue weighted by Gasteiger charge is -2.46. The number of hydrogen-bond acceptors (Lipinski definition) is 3. The lowest BCUT2D eigenvalue weighted by Crippen LogP contribution is -2.61. The molecule has 5 heteroatoms. The van der Waals surface area contributed by atoms with Crippen LogP contribution in [0.25, 0.3) is 0 Å². The van der Waals surface area contributed by atoms with Crippen molar-refractivity contribution in [2.24, 2.45) is 5.92 Å². The summed E-state index contributed by atoms with van der Waals surface area (Å²) in [5.74, 6) is 0.392. The third kappa shape index (κ3) is 4.09. The van der Waals surface area contributed by atoms with Crippen LogP contribution in [0.1, 0.15) is 31.1 Å². The van der Waals surface area contributed by atoms with Gasteiger partial charge in [-0.05, 0) is 44.0 Å². The molecular formula is C17H25BrN2O2. The summed E-state index contributed by atoms with van der Waals surface area (Å²) >= 11 is 3.38. The second-order valence-corrected chi connectivity index (χ2v) is 7.72. The van der Waals surface area contributed by atoms with E-state index in [1.165, 1.54) is 0 Å². The fourth-order valence-corrected chi connectivity index (χ4v) is 3.23. The summed E-state index contributed by atoms with van der Waals surface area (Å²) in [6.07, 6.45) is 0. The highest BCUT2D eigenvalue weighted by Crippen LogP contribution is 2.23. The van der Waals surface area contributed by atoms with Crippen LogP contribution in [0.4, 0.5) is 0 Å². The number of amides is 1. The van der Waals surface area contributed by atoms with Gasteiger partial charge in [-0.1, -0.05) is 22.9 Å². The number of aliphatic hydroxyl groups is 1. The highest BCUT2D eigenvalue weighted by molar-refractivity contribution is 9.10. The van der Waals surface area contributed by atoms with Crippen molar-refractivity contribution >= 4 is 21.8 Å². The van der Waals surface area contributed by atoms with Gasteiger partial charge in [-0.15, -0.1) is 0 Å². The lowest BCUT2D eigenvalue weighted by atomic mass is 9.93. The van der Waals surface area contributed by atoms with Crippen molar-refractivity contribution in [2.75, 3.05) is 26.7 Å². The van der Waals surface area contributed by atoms with Gasteiger partial charge in [-0.25, -0.2) is 0 Å². The second kappa shape index (κ2) is 6.69. The number of nitrogens with zero attached hydrogens (tertiary/aromatic N) is 2. The van der Waals surface area contributed by atoms with Gasteiger partial charge in [0.15, 0.2) is 0 Å². The Morgan fingerprint density at radius 1 is 1.36 bits per heavy atom. The van der Waals surface area contributed by atoms with Gasteiger partial charge in [-0.3, -0.25) is 9.69 Å². The molecular weight excluding hydrogens is 344 g/mol. The van der Waals surface area contributed by atoms with Crippen LogP contribution in [0, 0.1) is 5.92 Å². The molecule has 0 bridgehead atoms. The largest absolute Gasteiger partial charge is 0.388 e. The van der Waals surface area contributed by atoms with E-state index in [0.29, 0.717) is 24.6 Å². The third-order valence-corrected chi connectivity index (χ3v) is 5.05. The van der Waals surface area contributed by atoms with Crippen LogP contribution in [0.15, 0.2) is 28.7 Å². The molecule has 1 aliphatic rings. The van der Waals surface area contributed by atoms with Gasteiger partial charge in [0.2, 0.25) is 0 Å². The average Bonchev–Trinajstić information content (AvgIpc) is 2.43. The average molecular weight is 369 g/mol. The molecule has 0 radical (unpaired) electrons. The molecule has 0 saturated carbocycles. The molecule has 22 heavy (non-hydrogen) atoms. The summed E-state index contributed by atoms with van der Waals surface area (Å²) in [5.41, 5.74) is 0.166. The number of benzene rings is 1. The highest BCUT2D eigenvalue weighted by atomic mass is 79.9. The van der Waals surface area contributed by atoms with Gasteiger partial charge in [0.1, 0.15) is 0 Å². The Morgan fingerprint density at radius 3 is 2.41 bits per heavy atom. The predicted octanol–water partition coefficient (Wildman–Crippen LogP) is 2.61. The van der Waals surface area contributed by atoms with Gasteiger partial charge in [0.25, 0.3) is 5.91 Å². The van der Waals surface area contributed by atoms with Gasteiger partial charge >= 0.3 is 0 Å². The smallest absolute Gasteiger partial charge is 0.253 e. The topological polar surface area (TPSA) is 43.8 Å². The first-order chi connectivity index (χ1) is 10.2. The number of halogens is 1. The Kier molecular flexibility index (Phi) is 5.30. The van der Waals surface area contributed by atoms with E-state index in [1.54, 1.807) is 0 Å². The Balaban J connectivity index is 1.91. The molecule has 1 fully saturated rings. The third-order valence-electron chi connectivity index (χ3n) is 4.52. The monoisotopic (exact) mass is 368 g/mol. The van der Waals surface area contributed by atoms with Gasteiger partial charge < -0.3 is 10.0 Å². The first kappa shape index (κ1) is 17.4. The molecule has 2 rings (SSSR count). The molecule has 1 aromatic carbocycles. The Bertz CT molecular complexity index is 522. The number of carbonyl (C=O) groups excluding carboxylic acids is 1. The maximum Gasteiger partial charge on any atom is 0.253 e. The van der Waals surface area contributed by atoms with Gasteiger partial charge in [0.05, 0.1) is 5.60 Å². The zero-order chi connectivity index (χ0) is 16.5. The number of carbonyl (C=O) groups is 1. The Morgan fingerprint density at radius 2 is 1.91 bits per heavy atom. The van der Waals surface area contributed by atoms with Crippen LogP contribution in [-0.2, 0) is 0 Å². The second-order valence-electron chi connectivity index (χ2n) is 6.81. The number of rotatable bonds is 5. The molecule has 2 atom stereocenters. The molecule has 0 aromatic heterocycles. The molecule has 4 nitrogen and oxygen atoms in total. The molecule has 2 unspecified atom stereocenters. The highest BCUT2D eigenvalue weighted by Gasteiger charge is 2.37. The van der Waals surface area contributed by atoms with Crippen molar-refractivity contribution in [3.8, 4) is 0 Å². The van der Waals surface area contributed by atoms with Crippen LogP contribution in [0.3, 0.4) is 0 Å². The molecule has 1 amide bonds. The number of hydrogen-bond donors (Lipinski definition) is 1. The van der Waals surface area contributed by atoms with E-state index in [1.807, 2.05) is 43.1 Å². The standard InChI is InChI=1S/C17H25BrN2O2/c1-12(9-20-10-17(3,22)11-20)13(2)19(4)16(21)14-5-7-15(18)8-6-14/h5-8,12-13,22H,9-11H2,1-4H3. The summed E-state index contributed by atoms with van der Waals surface area (Å²) in [6, 6.07) is 7.59. The van der Waals surface area contributed by atoms with Crippen molar-refractivity contribution in [1.29, 1.82) is 0 Å². The quantitative estimate of drug-likeness (QED) is 0.868. The molecule has 1 N–H and O–H groups in total. The molecule has 1 aliphatic heterocycles. The first-order valence-corrected chi connectivity index (χ1v) is 8.46. The summed E-state index contributed by atoms with van der Waals surface area (Å²) in [6.45, 7) is 8.43. The van der Waals surface area contributed by atoms with Gasteiger partial charge in [-0.2, -0.15) is 0 Å².